The molecule has 0 saturated heterocycles. The van der Waals surface area contributed by atoms with Crippen LogP contribution in [0.15, 0.2) is 22.2 Å². The lowest BCUT2D eigenvalue weighted by atomic mass is 10.00. The number of allylic oxidation sites excluding steroid dienone is 3. The Labute approximate surface area is 71.5 Å². The molecule has 10 heavy (non-hydrogen) atoms. The van der Waals surface area contributed by atoms with Crippen LogP contribution < -0.4 is 0 Å². The van der Waals surface area contributed by atoms with Crippen molar-refractivity contribution in [3.8, 4) is 0 Å². The van der Waals surface area contributed by atoms with Gasteiger partial charge >= 0.3 is 0 Å². The van der Waals surface area contributed by atoms with Crippen molar-refractivity contribution in [2.75, 3.05) is 0 Å². The fourth-order valence-corrected chi connectivity index (χ4v) is 1.58. The molecule has 0 aromatic heterocycles. The average Bonchev–Trinajstić information content (AvgIpc) is 1.94. The van der Waals surface area contributed by atoms with E-state index in [0.29, 0.717) is 0 Å². The van der Waals surface area contributed by atoms with Crippen LogP contribution in [-0.2, 0) is 0 Å². The first-order valence-electron chi connectivity index (χ1n) is 3.49. The number of hydrogen-bond acceptors (Lipinski definition) is 0. The van der Waals surface area contributed by atoms with Crippen LogP contribution in [-0.4, -0.2) is 0 Å². The van der Waals surface area contributed by atoms with E-state index in [0.717, 1.165) is 17.9 Å². The first-order valence-corrected chi connectivity index (χ1v) is 4.30. The number of halogens is 2. The number of hydrogen-bond donors (Lipinski definition) is 0. The third-order valence-corrected chi connectivity index (χ3v) is 2.26. The molecule has 0 heterocycles. The molecule has 1 aliphatic rings. The van der Waals surface area contributed by atoms with Gasteiger partial charge in [-0.15, -0.1) is 0 Å². The summed E-state index contributed by atoms with van der Waals surface area (Å²) < 4.78 is 0. The summed E-state index contributed by atoms with van der Waals surface area (Å²) in [6.45, 7) is 0. The Morgan fingerprint density at radius 3 is 2.50 bits per heavy atom. The van der Waals surface area contributed by atoms with Gasteiger partial charge in [-0.1, -0.05) is 23.2 Å². The molecule has 56 valence electrons. The van der Waals surface area contributed by atoms with Crippen molar-refractivity contribution in [2.45, 2.75) is 25.7 Å². The molecule has 0 N–H and O–H groups in total. The minimum atomic E-state index is 0.989. The molecule has 0 unspecified atom stereocenters. The zero-order valence-electron chi connectivity index (χ0n) is 5.74. The Balaban J connectivity index is 2.68. The van der Waals surface area contributed by atoms with Crippen molar-refractivity contribution in [3.05, 3.63) is 22.2 Å². The van der Waals surface area contributed by atoms with Crippen LogP contribution in [0.4, 0.5) is 0 Å². The quantitative estimate of drug-likeness (QED) is 0.571. The van der Waals surface area contributed by atoms with Crippen molar-refractivity contribution in [2.24, 2.45) is 0 Å². The van der Waals surface area contributed by atoms with Crippen molar-refractivity contribution >= 4 is 23.2 Å². The standard InChI is InChI=1S/C8H10Cl2/c9-6-5-7-3-1-2-4-8(7)10/h5-6H,1-4H2. The summed E-state index contributed by atoms with van der Waals surface area (Å²) in [5, 5.41) is 0.989. The van der Waals surface area contributed by atoms with Crippen LogP contribution >= 0.6 is 23.2 Å². The maximum Gasteiger partial charge on any atom is 0.0213 e. The molecule has 0 spiro atoms. The highest BCUT2D eigenvalue weighted by Gasteiger charge is 2.07. The molecular weight excluding hydrogens is 167 g/mol. The van der Waals surface area contributed by atoms with E-state index in [-0.39, 0.29) is 0 Å². The monoisotopic (exact) mass is 176 g/mol. The minimum absolute atomic E-state index is 0.989. The summed E-state index contributed by atoms with van der Waals surface area (Å²) in [4.78, 5) is 0. The van der Waals surface area contributed by atoms with E-state index in [1.165, 1.54) is 23.9 Å². The molecule has 0 saturated carbocycles. The van der Waals surface area contributed by atoms with Crippen LogP contribution in [0, 0.1) is 0 Å². The molecule has 0 aromatic carbocycles. The molecule has 0 atom stereocenters. The Hall–Kier alpha value is 0.0600. The third-order valence-electron chi connectivity index (χ3n) is 1.70. The molecular formula is C8H10Cl2. The first kappa shape index (κ1) is 8.16. The van der Waals surface area contributed by atoms with Crippen LogP contribution in [0.3, 0.4) is 0 Å². The Bertz CT molecular complexity index is 168. The SMILES string of the molecule is ClC=CC1=C(Cl)CCCC1. The predicted molar refractivity (Wildman–Crippen MR) is 46.3 cm³/mol. The molecule has 1 rings (SSSR count). The fraction of sp³-hybridized carbons (Fsp3) is 0.500. The maximum absolute atomic E-state index is 5.93. The van der Waals surface area contributed by atoms with Gasteiger partial charge in [0.2, 0.25) is 0 Å². The molecule has 0 bridgehead atoms. The van der Waals surface area contributed by atoms with Crippen LogP contribution in [0.5, 0.6) is 0 Å². The highest BCUT2D eigenvalue weighted by atomic mass is 35.5. The maximum atomic E-state index is 5.93. The second kappa shape index (κ2) is 4.05. The van der Waals surface area contributed by atoms with Crippen LogP contribution in [0.25, 0.3) is 0 Å². The predicted octanol–water partition coefficient (Wildman–Crippen LogP) is 3.81. The number of rotatable bonds is 1. The van der Waals surface area contributed by atoms with E-state index in [9.17, 15) is 0 Å². The van der Waals surface area contributed by atoms with Crippen LogP contribution in [0.2, 0.25) is 0 Å². The van der Waals surface area contributed by atoms with Gasteiger partial charge in [-0.25, -0.2) is 0 Å². The Kier molecular flexibility index (Phi) is 3.30. The van der Waals surface area contributed by atoms with E-state index in [1.54, 1.807) is 0 Å². The smallest absolute Gasteiger partial charge is 0.0213 e. The van der Waals surface area contributed by atoms with E-state index in [2.05, 4.69) is 0 Å². The van der Waals surface area contributed by atoms with Gasteiger partial charge in [0.1, 0.15) is 0 Å². The average molecular weight is 177 g/mol. The minimum Gasteiger partial charge on any atom is -0.0929 e. The van der Waals surface area contributed by atoms with Crippen LogP contribution in [0.1, 0.15) is 25.7 Å². The van der Waals surface area contributed by atoms with Gasteiger partial charge in [-0.05, 0) is 37.3 Å². The Morgan fingerprint density at radius 1 is 1.20 bits per heavy atom. The summed E-state index contributed by atoms with van der Waals surface area (Å²) in [5.41, 5.74) is 2.74. The third kappa shape index (κ3) is 2.03. The molecule has 0 aliphatic heterocycles. The van der Waals surface area contributed by atoms with Gasteiger partial charge in [-0.2, -0.15) is 0 Å². The lowest BCUT2D eigenvalue weighted by Crippen LogP contribution is -1.92. The van der Waals surface area contributed by atoms with Crippen molar-refractivity contribution in [1.29, 1.82) is 0 Å². The molecule has 0 aromatic rings. The summed E-state index contributed by atoms with van der Waals surface area (Å²) >= 11 is 11.4. The second-order valence-electron chi connectivity index (χ2n) is 2.43. The topological polar surface area (TPSA) is 0 Å². The zero-order valence-corrected chi connectivity index (χ0v) is 7.25. The van der Waals surface area contributed by atoms with Gasteiger partial charge in [0.25, 0.3) is 0 Å². The fourth-order valence-electron chi connectivity index (χ4n) is 1.14. The highest BCUT2D eigenvalue weighted by Crippen LogP contribution is 2.27. The molecule has 0 radical (unpaired) electrons. The highest BCUT2D eigenvalue weighted by molar-refractivity contribution is 6.30. The summed E-state index contributed by atoms with van der Waals surface area (Å²) in [5.74, 6) is 0. The van der Waals surface area contributed by atoms with Crippen molar-refractivity contribution in [3.63, 3.8) is 0 Å². The van der Waals surface area contributed by atoms with E-state index in [4.69, 9.17) is 23.2 Å². The molecule has 0 amide bonds. The summed E-state index contributed by atoms with van der Waals surface area (Å²) in [6, 6.07) is 0. The lowest BCUT2D eigenvalue weighted by Gasteiger charge is -2.11. The summed E-state index contributed by atoms with van der Waals surface area (Å²) in [6.07, 6.45) is 6.47. The molecule has 0 nitrogen and oxygen atoms in total. The molecule has 1 aliphatic carbocycles. The lowest BCUT2D eigenvalue weighted by molar-refractivity contribution is 0.703. The van der Waals surface area contributed by atoms with E-state index in [1.807, 2.05) is 6.08 Å². The second-order valence-corrected chi connectivity index (χ2v) is 3.14. The first-order chi connectivity index (χ1) is 4.84. The zero-order chi connectivity index (χ0) is 7.40. The van der Waals surface area contributed by atoms with Crippen molar-refractivity contribution in [1.82, 2.24) is 0 Å². The largest absolute Gasteiger partial charge is 0.0929 e. The van der Waals surface area contributed by atoms with Gasteiger partial charge in [0, 0.05) is 10.6 Å². The molecule has 0 fully saturated rings. The van der Waals surface area contributed by atoms with Crippen molar-refractivity contribution < 1.29 is 0 Å². The normalized spacial score (nSPS) is 20.6. The Morgan fingerprint density at radius 2 is 1.90 bits per heavy atom. The molecule has 2 heteroatoms. The van der Waals surface area contributed by atoms with Gasteiger partial charge in [-0.3, -0.25) is 0 Å². The van der Waals surface area contributed by atoms with Gasteiger partial charge in [0.15, 0.2) is 0 Å². The van der Waals surface area contributed by atoms with Gasteiger partial charge in [0.05, 0.1) is 0 Å². The van der Waals surface area contributed by atoms with Gasteiger partial charge < -0.3 is 0 Å². The van der Waals surface area contributed by atoms with E-state index >= 15 is 0 Å². The summed E-state index contributed by atoms with van der Waals surface area (Å²) in [7, 11) is 0. The van der Waals surface area contributed by atoms with E-state index < -0.39 is 0 Å².